The van der Waals surface area contributed by atoms with Crippen LogP contribution in [0.4, 0.5) is 0 Å². The molecule has 0 fully saturated rings. The van der Waals surface area contributed by atoms with Crippen LogP contribution in [0.25, 0.3) is 21.9 Å². The number of fused-ring (bicyclic) bond motifs is 1. The van der Waals surface area contributed by atoms with Crippen molar-refractivity contribution in [1.29, 1.82) is 5.26 Å². The summed E-state index contributed by atoms with van der Waals surface area (Å²) in [7, 11) is 1.48. The van der Waals surface area contributed by atoms with Gasteiger partial charge in [-0.25, -0.2) is 0 Å². The number of rotatable bonds is 9. The maximum atomic E-state index is 12.4. The number of carbonyl (C=O) groups is 1. The van der Waals surface area contributed by atoms with E-state index in [-0.39, 0.29) is 11.9 Å². The van der Waals surface area contributed by atoms with Gasteiger partial charge in [0.1, 0.15) is 0 Å². The van der Waals surface area contributed by atoms with Gasteiger partial charge in [-0.05, 0) is 77.3 Å². The lowest BCUT2D eigenvalue weighted by Gasteiger charge is -2.15. The summed E-state index contributed by atoms with van der Waals surface area (Å²) in [5.74, 6) is -0.217. The summed E-state index contributed by atoms with van der Waals surface area (Å²) in [6.07, 6.45) is 4.33. The van der Waals surface area contributed by atoms with Crippen LogP contribution in [-0.4, -0.2) is 13.1 Å². The number of aryl methyl sites for hydroxylation is 2. The molecule has 0 aliphatic carbocycles. The van der Waals surface area contributed by atoms with E-state index in [1.807, 2.05) is 24.3 Å². The molecule has 4 aromatic carbocycles. The molecular weight excluding hydrogens is 418 g/mol. The fraction of sp³-hybridized carbons (Fsp3) is 0.226. The Morgan fingerprint density at radius 1 is 0.824 bits per heavy atom. The van der Waals surface area contributed by atoms with Crippen LogP contribution in [0.3, 0.4) is 0 Å². The molecule has 1 atom stereocenters. The molecular formula is C31H29NO2. The predicted octanol–water partition coefficient (Wildman–Crippen LogP) is 7.12. The van der Waals surface area contributed by atoms with Crippen molar-refractivity contribution >= 4 is 16.7 Å². The highest BCUT2D eigenvalue weighted by atomic mass is 16.5. The topological polar surface area (TPSA) is 50.1 Å². The van der Waals surface area contributed by atoms with Gasteiger partial charge in [0.05, 0.1) is 24.7 Å². The highest BCUT2D eigenvalue weighted by Gasteiger charge is 2.19. The number of nitrogens with zero attached hydrogens (tertiary/aromatic N) is 1. The van der Waals surface area contributed by atoms with E-state index in [4.69, 9.17) is 10.00 Å². The van der Waals surface area contributed by atoms with Crippen LogP contribution >= 0.6 is 0 Å². The highest BCUT2D eigenvalue weighted by molar-refractivity contribution is 5.85. The number of hydrogen-bond donors (Lipinski definition) is 0. The maximum Gasteiger partial charge on any atom is 0.308 e. The van der Waals surface area contributed by atoms with E-state index in [0.717, 1.165) is 43.2 Å². The van der Waals surface area contributed by atoms with Gasteiger partial charge in [-0.15, -0.1) is 0 Å². The Hall–Kier alpha value is -3.90. The molecule has 0 amide bonds. The van der Waals surface area contributed by atoms with Gasteiger partial charge >= 0.3 is 5.97 Å². The Bertz CT molecular complexity index is 1280. The van der Waals surface area contributed by atoms with Crippen molar-refractivity contribution < 1.29 is 9.53 Å². The molecule has 0 bridgehead atoms. The maximum absolute atomic E-state index is 12.4. The first kappa shape index (κ1) is 23.3. The average Bonchev–Trinajstić information content (AvgIpc) is 2.90. The number of carbonyl (C=O) groups excluding carboxylic acids is 1. The Kier molecular flexibility index (Phi) is 7.73. The fourth-order valence-corrected chi connectivity index (χ4v) is 4.54. The molecule has 0 saturated heterocycles. The van der Waals surface area contributed by atoms with Crippen molar-refractivity contribution in [2.75, 3.05) is 7.11 Å². The first-order valence-electron chi connectivity index (χ1n) is 11.8. The number of hydrogen-bond acceptors (Lipinski definition) is 3. The lowest BCUT2D eigenvalue weighted by molar-refractivity contribution is -0.145. The lowest BCUT2D eigenvalue weighted by atomic mass is 9.92. The third kappa shape index (κ3) is 5.71. The average molecular weight is 448 g/mol. The van der Waals surface area contributed by atoms with Crippen LogP contribution in [0, 0.1) is 17.2 Å². The Balaban J connectivity index is 1.35. The third-order valence-electron chi connectivity index (χ3n) is 6.50. The van der Waals surface area contributed by atoms with E-state index in [0.29, 0.717) is 5.56 Å². The van der Waals surface area contributed by atoms with Crippen molar-refractivity contribution in [3.63, 3.8) is 0 Å². The molecule has 4 rings (SSSR count). The smallest absolute Gasteiger partial charge is 0.308 e. The molecule has 0 spiro atoms. The number of benzene rings is 4. The van der Waals surface area contributed by atoms with E-state index in [9.17, 15) is 4.79 Å². The Morgan fingerprint density at radius 2 is 1.50 bits per heavy atom. The van der Waals surface area contributed by atoms with Crippen LogP contribution in [0.2, 0.25) is 0 Å². The zero-order chi connectivity index (χ0) is 23.8. The summed E-state index contributed by atoms with van der Waals surface area (Å²) >= 11 is 0. The van der Waals surface area contributed by atoms with Crippen LogP contribution in [0.1, 0.15) is 36.0 Å². The van der Waals surface area contributed by atoms with Gasteiger partial charge in [0.25, 0.3) is 0 Å². The molecule has 0 radical (unpaired) electrons. The summed E-state index contributed by atoms with van der Waals surface area (Å²) in [6, 6.07) is 33.1. The first-order chi connectivity index (χ1) is 16.7. The molecule has 3 nitrogen and oxygen atoms in total. The van der Waals surface area contributed by atoms with Gasteiger partial charge in [0.15, 0.2) is 0 Å². The zero-order valence-electron chi connectivity index (χ0n) is 19.5. The quantitative estimate of drug-likeness (QED) is 0.257. The van der Waals surface area contributed by atoms with Crippen molar-refractivity contribution in [1.82, 2.24) is 0 Å². The zero-order valence-corrected chi connectivity index (χ0v) is 19.5. The van der Waals surface area contributed by atoms with Crippen LogP contribution < -0.4 is 0 Å². The summed E-state index contributed by atoms with van der Waals surface area (Å²) in [5, 5.41) is 11.5. The van der Waals surface area contributed by atoms with Crippen molar-refractivity contribution in [2.45, 2.75) is 32.1 Å². The highest BCUT2D eigenvalue weighted by Crippen LogP contribution is 2.24. The number of methoxy groups -OCH3 is 1. The largest absolute Gasteiger partial charge is 0.469 e. The molecule has 0 aliphatic rings. The molecule has 0 heterocycles. The standard InChI is InChI=1S/C31H29NO2/c1-34-31(33)29(10-5-9-28-8-4-7-27-6-2-3-11-30(27)28)21-14-23-12-17-25(18-13-23)26-19-15-24(22-32)16-20-26/h2-4,6-8,11-13,15-20,29H,5,9-10,14,21H2,1H3. The molecule has 1 unspecified atom stereocenters. The van der Waals surface area contributed by atoms with Gasteiger partial charge in [-0.2, -0.15) is 5.26 Å². The van der Waals surface area contributed by atoms with E-state index in [1.165, 1.54) is 29.0 Å². The monoisotopic (exact) mass is 447 g/mol. The second kappa shape index (κ2) is 11.3. The van der Waals surface area contributed by atoms with Crippen molar-refractivity contribution in [2.24, 2.45) is 5.92 Å². The lowest BCUT2D eigenvalue weighted by Crippen LogP contribution is -2.17. The minimum Gasteiger partial charge on any atom is -0.469 e. The normalized spacial score (nSPS) is 11.6. The van der Waals surface area contributed by atoms with Crippen LogP contribution in [0.5, 0.6) is 0 Å². The summed E-state index contributed by atoms with van der Waals surface area (Å²) in [6.45, 7) is 0. The van der Waals surface area contributed by atoms with E-state index >= 15 is 0 Å². The SMILES string of the molecule is COC(=O)C(CCCc1cccc2ccccc12)CCc1ccc(-c2ccc(C#N)cc2)cc1. The van der Waals surface area contributed by atoms with Gasteiger partial charge in [0, 0.05) is 0 Å². The van der Waals surface area contributed by atoms with Gasteiger partial charge in [0.2, 0.25) is 0 Å². The van der Waals surface area contributed by atoms with Gasteiger partial charge in [-0.1, -0.05) is 78.9 Å². The number of esters is 1. The molecule has 0 aromatic heterocycles. The number of ether oxygens (including phenoxy) is 1. The minimum absolute atomic E-state index is 0.0989. The fourth-order valence-electron chi connectivity index (χ4n) is 4.54. The third-order valence-corrected chi connectivity index (χ3v) is 6.50. The molecule has 170 valence electrons. The van der Waals surface area contributed by atoms with E-state index in [2.05, 4.69) is 72.8 Å². The van der Waals surface area contributed by atoms with E-state index < -0.39 is 0 Å². The molecule has 0 aliphatic heterocycles. The molecule has 4 aromatic rings. The van der Waals surface area contributed by atoms with Gasteiger partial charge in [-0.3, -0.25) is 4.79 Å². The van der Waals surface area contributed by atoms with E-state index in [1.54, 1.807) is 0 Å². The summed E-state index contributed by atoms with van der Waals surface area (Å²) in [4.78, 5) is 12.4. The number of nitriles is 1. The summed E-state index contributed by atoms with van der Waals surface area (Å²) in [5.41, 5.74) is 5.41. The second-order valence-electron chi connectivity index (χ2n) is 8.68. The minimum atomic E-state index is -0.118. The summed E-state index contributed by atoms with van der Waals surface area (Å²) < 4.78 is 5.11. The first-order valence-corrected chi connectivity index (χ1v) is 11.8. The van der Waals surface area contributed by atoms with Crippen LogP contribution in [0.15, 0.2) is 91.0 Å². The van der Waals surface area contributed by atoms with Crippen molar-refractivity contribution in [3.8, 4) is 17.2 Å². The molecule has 0 saturated carbocycles. The molecule has 0 N–H and O–H groups in total. The second-order valence-corrected chi connectivity index (χ2v) is 8.68. The Morgan fingerprint density at radius 3 is 2.21 bits per heavy atom. The predicted molar refractivity (Wildman–Crippen MR) is 137 cm³/mol. The van der Waals surface area contributed by atoms with Crippen LogP contribution in [-0.2, 0) is 22.4 Å². The van der Waals surface area contributed by atoms with Gasteiger partial charge < -0.3 is 4.74 Å². The Labute approximate surface area is 201 Å². The molecule has 3 heteroatoms. The molecule has 34 heavy (non-hydrogen) atoms. The van der Waals surface area contributed by atoms with Crippen molar-refractivity contribution in [3.05, 3.63) is 108 Å².